The Morgan fingerprint density at radius 2 is 1.84 bits per heavy atom. The van der Waals surface area contributed by atoms with Crippen LogP contribution in [0, 0.1) is 0 Å². The van der Waals surface area contributed by atoms with E-state index in [0.29, 0.717) is 24.9 Å². The molecular formula is C15H20N2O2. The smallest absolute Gasteiger partial charge is 0.323 e. The largest absolute Gasteiger partial charge is 0.480 e. The van der Waals surface area contributed by atoms with Gasteiger partial charge >= 0.3 is 5.97 Å². The van der Waals surface area contributed by atoms with Crippen molar-refractivity contribution in [1.82, 2.24) is 4.90 Å². The van der Waals surface area contributed by atoms with Crippen molar-refractivity contribution in [2.75, 3.05) is 0 Å². The van der Waals surface area contributed by atoms with Crippen molar-refractivity contribution in [2.24, 2.45) is 5.73 Å². The fourth-order valence-corrected chi connectivity index (χ4v) is 3.60. The quantitative estimate of drug-likeness (QED) is 0.866. The first-order valence-electron chi connectivity index (χ1n) is 6.90. The van der Waals surface area contributed by atoms with E-state index in [4.69, 9.17) is 5.73 Å². The maximum Gasteiger partial charge on any atom is 0.323 e. The molecule has 4 nitrogen and oxygen atoms in total. The van der Waals surface area contributed by atoms with Crippen LogP contribution in [-0.4, -0.2) is 33.6 Å². The van der Waals surface area contributed by atoms with Crippen LogP contribution < -0.4 is 5.73 Å². The summed E-state index contributed by atoms with van der Waals surface area (Å²) in [6, 6.07) is 11.0. The third-order valence-corrected chi connectivity index (χ3v) is 4.60. The van der Waals surface area contributed by atoms with Crippen molar-refractivity contribution in [3.8, 4) is 0 Å². The highest BCUT2D eigenvalue weighted by Gasteiger charge is 2.50. The normalized spacial score (nSPS) is 34.4. The summed E-state index contributed by atoms with van der Waals surface area (Å²) >= 11 is 0. The van der Waals surface area contributed by atoms with E-state index in [1.807, 2.05) is 18.2 Å². The molecule has 3 rings (SSSR count). The van der Waals surface area contributed by atoms with Gasteiger partial charge in [-0.3, -0.25) is 9.69 Å². The Morgan fingerprint density at radius 1 is 1.26 bits per heavy atom. The number of hydrogen-bond acceptors (Lipinski definition) is 3. The molecule has 0 aliphatic carbocycles. The number of nitrogens with two attached hydrogens (primary N) is 1. The van der Waals surface area contributed by atoms with Crippen LogP contribution >= 0.6 is 0 Å². The van der Waals surface area contributed by atoms with Gasteiger partial charge in [-0.15, -0.1) is 0 Å². The van der Waals surface area contributed by atoms with Crippen molar-refractivity contribution in [1.29, 1.82) is 0 Å². The second-order valence-corrected chi connectivity index (χ2v) is 5.91. The number of aliphatic carboxylic acids is 1. The van der Waals surface area contributed by atoms with Crippen LogP contribution in [0.2, 0.25) is 0 Å². The Bertz CT molecular complexity index is 460. The zero-order chi connectivity index (χ0) is 13.5. The standard InChI is InChI=1S/C15H20N2O2/c16-15(14(18)19)8-12-6-7-13(9-15)17(12)10-11-4-2-1-3-5-11/h1-5,12-13H,6-10,16H2,(H,18,19). The van der Waals surface area contributed by atoms with Gasteiger partial charge in [0.15, 0.2) is 0 Å². The lowest BCUT2D eigenvalue weighted by Crippen LogP contribution is -2.59. The van der Waals surface area contributed by atoms with E-state index in [2.05, 4.69) is 17.0 Å². The Hall–Kier alpha value is -1.39. The van der Waals surface area contributed by atoms with Gasteiger partial charge in [0.05, 0.1) is 0 Å². The van der Waals surface area contributed by atoms with E-state index in [-0.39, 0.29) is 0 Å². The molecule has 1 aromatic rings. The monoisotopic (exact) mass is 260 g/mol. The fraction of sp³-hybridized carbons (Fsp3) is 0.533. The molecule has 2 bridgehead atoms. The number of nitrogens with zero attached hydrogens (tertiary/aromatic N) is 1. The van der Waals surface area contributed by atoms with E-state index < -0.39 is 11.5 Å². The lowest BCUT2D eigenvalue weighted by Gasteiger charge is -2.42. The maximum atomic E-state index is 11.3. The minimum Gasteiger partial charge on any atom is -0.480 e. The molecule has 2 aliphatic heterocycles. The lowest BCUT2D eigenvalue weighted by molar-refractivity contribution is -0.146. The second kappa shape index (κ2) is 4.62. The molecule has 2 saturated heterocycles. The summed E-state index contributed by atoms with van der Waals surface area (Å²) in [6.45, 7) is 0.909. The molecule has 0 radical (unpaired) electrons. The van der Waals surface area contributed by atoms with Crippen molar-refractivity contribution in [2.45, 2.75) is 49.9 Å². The summed E-state index contributed by atoms with van der Waals surface area (Å²) < 4.78 is 0. The van der Waals surface area contributed by atoms with Crippen LogP contribution in [0.3, 0.4) is 0 Å². The molecule has 4 heteroatoms. The number of hydrogen-bond donors (Lipinski definition) is 2. The van der Waals surface area contributed by atoms with Gasteiger partial charge in [-0.1, -0.05) is 30.3 Å². The van der Waals surface area contributed by atoms with Crippen LogP contribution in [0.1, 0.15) is 31.2 Å². The van der Waals surface area contributed by atoms with Gasteiger partial charge in [0.2, 0.25) is 0 Å². The molecule has 0 spiro atoms. The molecule has 2 heterocycles. The van der Waals surface area contributed by atoms with Crippen LogP contribution in [0.4, 0.5) is 0 Å². The minimum atomic E-state index is -1.01. The van der Waals surface area contributed by atoms with Gasteiger partial charge in [-0.2, -0.15) is 0 Å². The molecule has 1 aromatic carbocycles. The summed E-state index contributed by atoms with van der Waals surface area (Å²) in [5.74, 6) is -0.844. The number of rotatable bonds is 3. The van der Waals surface area contributed by atoms with Gasteiger partial charge in [0, 0.05) is 18.6 Å². The maximum absolute atomic E-state index is 11.3. The van der Waals surface area contributed by atoms with Gasteiger partial charge < -0.3 is 10.8 Å². The number of carboxylic acids is 1. The molecule has 2 atom stereocenters. The second-order valence-electron chi connectivity index (χ2n) is 5.91. The SMILES string of the molecule is NC1(C(=O)O)CC2CCC(C1)N2Cc1ccccc1. The van der Waals surface area contributed by atoms with E-state index in [9.17, 15) is 9.90 Å². The Kier molecular flexibility index (Phi) is 3.07. The molecular weight excluding hydrogens is 240 g/mol. The predicted molar refractivity (Wildman–Crippen MR) is 72.6 cm³/mol. The van der Waals surface area contributed by atoms with E-state index in [1.165, 1.54) is 5.56 Å². The number of carboxylic acid groups (broad SMARTS) is 1. The lowest BCUT2D eigenvalue weighted by atomic mass is 9.83. The number of fused-ring (bicyclic) bond motifs is 2. The third-order valence-electron chi connectivity index (χ3n) is 4.60. The molecule has 0 aromatic heterocycles. The topological polar surface area (TPSA) is 66.6 Å². The minimum absolute atomic E-state index is 0.319. The molecule has 19 heavy (non-hydrogen) atoms. The summed E-state index contributed by atoms with van der Waals surface area (Å²) in [5, 5.41) is 9.29. The van der Waals surface area contributed by atoms with Gasteiger partial charge in [0.25, 0.3) is 0 Å². The Labute approximate surface area is 113 Å². The first-order chi connectivity index (χ1) is 9.08. The van der Waals surface area contributed by atoms with Gasteiger partial charge in [-0.25, -0.2) is 0 Å². The summed E-state index contributed by atoms with van der Waals surface area (Å²) in [5.41, 5.74) is 6.33. The Balaban J connectivity index is 1.75. The Morgan fingerprint density at radius 3 is 2.37 bits per heavy atom. The molecule has 102 valence electrons. The van der Waals surface area contributed by atoms with Crippen LogP contribution in [0.15, 0.2) is 30.3 Å². The summed E-state index contributed by atoms with van der Waals surface area (Å²) in [6.07, 6.45) is 3.30. The highest BCUT2D eigenvalue weighted by atomic mass is 16.4. The van der Waals surface area contributed by atoms with E-state index in [1.54, 1.807) is 0 Å². The zero-order valence-corrected chi connectivity index (χ0v) is 11.0. The molecule has 2 unspecified atom stereocenters. The van der Waals surface area contributed by atoms with Crippen molar-refractivity contribution < 1.29 is 9.90 Å². The molecule has 0 saturated carbocycles. The third kappa shape index (κ3) is 2.26. The highest BCUT2D eigenvalue weighted by Crippen LogP contribution is 2.40. The summed E-state index contributed by atoms with van der Waals surface area (Å²) in [4.78, 5) is 13.8. The average Bonchev–Trinajstić information content (AvgIpc) is 2.64. The van der Waals surface area contributed by atoms with Crippen LogP contribution in [-0.2, 0) is 11.3 Å². The zero-order valence-electron chi connectivity index (χ0n) is 11.0. The molecule has 2 fully saturated rings. The first-order valence-corrected chi connectivity index (χ1v) is 6.90. The number of carbonyl (C=O) groups is 1. The number of benzene rings is 1. The first kappa shape index (κ1) is 12.6. The molecule has 3 N–H and O–H groups in total. The van der Waals surface area contributed by atoms with Crippen LogP contribution in [0.5, 0.6) is 0 Å². The molecule has 2 aliphatic rings. The van der Waals surface area contributed by atoms with Crippen molar-refractivity contribution in [3.63, 3.8) is 0 Å². The van der Waals surface area contributed by atoms with Gasteiger partial charge in [0.1, 0.15) is 5.54 Å². The predicted octanol–water partition coefficient (Wildman–Crippen LogP) is 1.60. The van der Waals surface area contributed by atoms with Crippen molar-refractivity contribution >= 4 is 5.97 Å². The average molecular weight is 260 g/mol. The van der Waals surface area contributed by atoms with E-state index in [0.717, 1.165) is 19.4 Å². The highest BCUT2D eigenvalue weighted by molar-refractivity contribution is 5.79. The number of piperidine rings is 1. The van der Waals surface area contributed by atoms with Gasteiger partial charge in [-0.05, 0) is 31.2 Å². The molecule has 0 amide bonds. The van der Waals surface area contributed by atoms with Crippen LogP contribution in [0.25, 0.3) is 0 Å². The fourth-order valence-electron chi connectivity index (χ4n) is 3.60. The van der Waals surface area contributed by atoms with E-state index >= 15 is 0 Å². The van der Waals surface area contributed by atoms with Crippen molar-refractivity contribution in [3.05, 3.63) is 35.9 Å². The summed E-state index contributed by atoms with van der Waals surface area (Å²) in [7, 11) is 0.